The number of amides is 1. The molecule has 1 aromatic heterocycles. The van der Waals surface area contributed by atoms with Crippen LogP contribution >= 0.6 is 23.2 Å². The summed E-state index contributed by atoms with van der Waals surface area (Å²) in [6.45, 7) is 0. The van der Waals surface area contributed by atoms with Crippen LogP contribution in [0.5, 0.6) is 5.75 Å². The molecule has 0 radical (unpaired) electrons. The highest BCUT2D eigenvalue weighted by atomic mass is 35.5. The lowest BCUT2D eigenvalue weighted by atomic mass is 10.3. The number of hydrogen-bond acceptors (Lipinski definition) is 5. The van der Waals surface area contributed by atoms with Crippen LogP contribution in [0, 0.1) is 0 Å². The Kier molecular flexibility index (Phi) is 5.55. The molecule has 0 bridgehead atoms. The zero-order chi connectivity index (χ0) is 18.5. The topological polar surface area (TPSA) is 76.1 Å². The van der Waals surface area contributed by atoms with Crippen LogP contribution in [0.15, 0.2) is 54.9 Å². The number of aromatic nitrogens is 2. The van der Waals surface area contributed by atoms with E-state index in [1.807, 2.05) is 24.3 Å². The second kappa shape index (κ2) is 8.03. The highest BCUT2D eigenvalue weighted by molar-refractivity contribution is 6.35. The molecule has 0 aliphatic carbocycles. The molecular formula is C18H14Cl2N4O2. The molecule has 26 heavy (non-hydrogen) atoms. The molecule has 1 heterocycles. The number of benzene rings is 2. The van der Waals surface area contributed by atoms with Gasteiger partial charge in [-0.15, -0.1) is 0 Å². The third-order valence-electron chi connectivity index (χ3n) is 3.42. The molecule has 0 saturated heterocycles. The molecule has 1 amide bonds. The third-order valence-corrected chi connectivity index (χ3v) is 3.99. The fourth-order valence-electron chi connectivity index (χ4n) is 2.11. The van der Waals surface area contributed by atoms with Crippen molar-refractivity contribution in [3.05, 3.63) is 70.6 Å². The Bertz CT molecular complexity index is 915. The van der Waals surface area contributed by atoms with Gasteiger partial charge in [-0.3, -0.25) is 4.79 Å². The molecule has 2 N–H and O–H groups in total. The summed E-state index contributed by atoms with van der Waals surface area (Å²) in [7, 11) is 1.61. The van der Waals surface area contributed by atoms with Gasteiger partial charge in [-0.1, -0.05) is 23.2 Å². The number of methoxy groups -OCH3 is 1. The van der Waals surface area contributed by atoms with Crippen molar-refractivity contribution >= 4 is 46.3 Å². The number of carbonyl (C=O) groups excluding carboxylic acids is 1. The highest BCUT2D eigenvalue weighted by Gasteiger charge is 2.11. The Morgan fingerprint density at radius 1 is 1.04 bits per heavy atom. The fraction of sp³-hybridized carbons (Fsp3) is 0.0556. The first kappa shape index (κ1) is 18.0. The summed E-state index contributed by atoms with van der Waals surface area (Å²) in [6, 6.07) is 12.2. The van der Waals surface area contributed by atoms with Crippen molar-refractivity contribution in [2.45, 2.75) is 0 Å². The lowest BCUT2D eigenvalue weighted by Gasteiger charge is -2.08. The second-order valence-electron chi connectivity index (χ2n) is 5.22. The van der Waals surface area contributed by atoms with Gasteiger partial charge in [-0.05, 0) is 42.5 Å². The van der Waals surface area contributed by atoms with Gasteiger partial charge in [0, 0.05) is 10.7 Å². The number of ether oxygens (including phenoxy) is 1. The fourth-order valence-corrected chi connectivity index (χ4v) is 2.45. The van der Waals surface area contributed by atoms with Gasteiger partial charge in [0.25, 0.3) is 5.91 Å². The summed E-state index contributed by atoms with van der Waals surface area (Å²) in [5.41, 5.74) is 1.38. The van der Waals surface area contributed by atoms with Crippen molar-refractivity contribution in [1.29, 1.82) is 0 Å². The first-order valence-electron chi connectivity index (χ1n) is 7.54. The summed E-state index contributed by atoms with van der Waals surface area (Å²) in [5.74, 6) is 0.832. The van der Waals surface area contributed by atoms with Crippen molar-refractivity contribution < 1.29 is 9.53 Å². The number of rotatable bonds is 5. The van der Waals surface area contributed by atoms with Gasteiger partial charge in [-0.2, -0.15) is 0 Å². The molecule has 0 unspecified atom stereocenters. The standard InChI is InChI=1S/C18H14Cl2N4O2/c1-26-13-5-3-12(4-6-13)23-17-10-21-16(9-22-17)18(25)24-15-8-11(19)2-7-14(15)20/h2-10H,1H3,(H,22,23)(H,24,25). The van der Waals surface area contributed by atoms with Gasteiger partial charge in [0.1, 0.15) is 17.3 Å². The van der Waals surface area contributed by atoms with Gasteiger partial charge >= 0.3 is 0 Å². The minimum Gasteiger partial charge on any atom is -0.497 e. The Morgan fingerprint density at radius 2 is 1.81 bits per heavy atom. The monoisotopic (exact) mass is 388 g/mol. The molecule has 0 saturated carbocycles. The van der Waals surface area contributed by atoms with Crippen molar-refractivity contribution in [3.8, 4) is 5.75 Å². The zero-order valence-corrected chi connectivity index (χ0v) is 15.2. The summed E-state index contributed by atoms with van der Waals surface area (Å²) in [5, 5.41) is 6.60. The number of nitrogens with zero attached hydrogens (tertiary/aromatic N) is 2. The third kappa shape index (κ3) is 4.41. The number of hydrogen-bond donors (Lipinski definition) is 2. The maximum atomic E-state index is 12.3. The van der Waals surface area contributed by atoms with E-state index in [0.717, 1.165) is 11.4 Å². The van der Waals surface area contributed by atoms with E-state index in [4.69, 9.17) is 27.9 Å². The second-order valence-corrected chi connectivity index (χ2v) is 6.06. The van der Waals surface area contributed by atoms with Crippen LogP contribution in [0.4, 0.5) is 17.2 Å². The minimum atomic E-state index is -0.433. The predicted octanol–water partition coefficient (Wildman–Crippen LogP) is 4.79. The van der Waals surface area contributed by atoms with Gasteiger partial charge in [0.05, 0.1) is 30.2 Å². The van der Waals surface area contributed by atoms with E-state index in [-0.39, 0.29) is 5.69 Å². The van der Waals surface area contributed by atoms with Crippen LogP contribution in [0.1, 0.15) is 10.5 Å². The number of anilines is 3. The van der Waals surface area contributed by atoms with E-state index in [1.165, 1.54) is 12.4 Å². The van der Waals surface area contributed by atoms with Crippen LogP contribution in [0.2, 0.25) is 10.0 Å². The van der Waals surface area contributed by atoms with Crippen molar-refractivity contribution in [1.82, 2.24) is 9.97 Å². The van der Waals surface area contributed by atoms with Crippen LogP contribution in [-0.4, -0.2) is 23.0 Å². The van der Waals surface area contributed by atoms with Crippen molar-refractivity contribution in [2.75, 3.05) is 17.7 Å². The predicted molar refractivity (Wildman–Crippen MR) is 103 cm³/mol. The Balaban J connectivity index is 1.68. The molecule has 0 fully saturated rings. The Morgan fingerprint density at radius 3 is 2.46 bits per heavy atom. The van der Waals surface area contributed by atoms with Gasteiger partial charge in [0.15, 0.2) is 0 Å². The van der Waals surface area contributed by atoms with E-state index < -0.39 is 5.91 Å². The average molecular weight is 389 g/mol. The average Bonchev–Trinajstić information content (AvgIpc) is 2.66. The van der Waals surface area contributed by atoms with Crippen LogP contribution in [0.25, 0.3) is 0 Å². The van der Waals surface area contributed by atoms with E-state index in [2.05, 4.69) is 20.6 Å². The molecule has 6 nitrogen and oxygen atoms in total. The normalized spacial score (nSPS) is 10.3. The number of nitrogens with one attached hydrogen (secondary N) is 2. The van der Waals surface area contributed by atoms with Gasteiger partial charge in [-0.25, -0.2) is 9.97 Å². The molecule has 3 rings (SSSR count). The summed E-state index contributed by atoms with van der Waals surface area (Å²) in [4.78, 5) is 20.6. The van der Waals surface area contributed by atoms with Crippen molar-refractivity contribution in [2.24, 2.45) is 0 Å². The van der Waals surface area contributed by atoms with E-state index >= 15 is 0 Å². The first-order valence-corrected chi connectivity index (χ1v) is 8.30. The van der Waals surface area contributed by atoms with E-state index in [1.54, 1.807) is 25.3 Å². The maximum Gasteiger partial charge on any atom is 0.275 e. The Hall–Kier alpha value is -2.83. The number of carbonyl (C=O) groups is 1. The summed E-state index contributed by atoms with van der Waals surface area (Å²) >= 11 is 11.9. The Labute approximate surface area is 160 Å². The summed E-state index contributed by atoms with van der Waals surface area (Å²) < 4.78 is 5.11. The molecule has 3 aromatic rings. The van der Waals surface area contributed by atoms with E-state index in [0.29, 0.717) is 21.6 Å². The molecule has 0 spiro atoms. The minimum absolute atomic E-state index is 0.154. The van der Waals surface area contributed by atoms with Crippen molar-refractivity contribution in [3.63, 3.8) is 0 Å². The maximum absolute atomic E-state index is 12.3. The van der Waals surface area contributed by atoms with Crippen LogP contribution < -0.4 is 15.4 Å². The molecule has 8 heteroatoms. The van der Waals surface area contributed by atoms with Crippen LogP contribution in [0.3, 0.4) is 0 Å². The van der Waals surface area contributed by atoms with Gasteiger partial charge in [0.2, 0.25) is 0 Å². The lowest BCUT2D eigenvalue weighted by Crippen LogP contribution is -2.14. The zero-order valence-electron chi connectivity index (χ0n) is 13.7. The molecule has 0 atom stereocenters. The molecule has 132 valence electrons. The SMILES string of the molecule is COc1ccc(Nc2cnc(C(=O)Nc3cc(Cl)ccc3Cl)cn2)cc1. The van der Waals surface area contributed by atoms with E-state index in [9.17, 15) is 4.79 Å². The van der Waals surface area contributed by atoms with Crippen LogP contribution in [-0.2, 0) is 0 Å². The molecule has 0 aliphatic heterocycles. The highest BCUT2D eigenvalue weighted by Crippen LogP contribution is 2.25. The largest absolute Gasteiger partial charge is 0.497 e. The van der Waals surface area contributed by atoms with Gasteiger partial charge < -0.3 is 15.4 Å². The number of halogens is 2. The molecular weight excluding hydrogens is 375 g/mol. The molecule has 2 aromatic carbocycles. The molecule has 0 aliphatic rings. The quantitative estimate of drug-likeness (QED) is 0.656. The first-order chi connectivity index (χ1) is 12.5. The lowest BCUT2D eigenvalue weighted by molar-refractivity contribution is 0.102. The smallest absolute Gasteiger partial charge is 0.275 e. The summed E-state index contributed by atoms with van der Waals surface area (Å²) in [6.07, 6.45) is 2.85.